The summed E-state index contributed by atoms with van der Waals surface area (Å²) in [5.74, 6) is 0.840. The molecule has 0 fully saturated rings. The summed E-state index contributed by atoms with van der Waals surface area (Å²) in [4.78, 5) is 18.8. The number of aromatic nitrogens is 2. The number of hydrogen-bond donors (Lipinski definition) is 1. The SMILES string of the molecule is CC(C)c1cc(=O)[nH]c(-c2ccccc2Br)n1. The Kier molecular flexibility index (Phi) is 3.43. The van der Waals surface area contributed by atoms with E-state index < -0.39 is 0 Å². The van der Waals surface area contributed by atoms with Crippen LogP contribution in [0.25, 0.3) is 11.4 Å². The van der Waals surface area contributed by atoms with Crippen LogP contribution in [0.15, 0.2) is 39.6 Å². The van der Waals surface area contributed by atoms with Crippen molar-refractivity contribution >= 4 is 15.9 Å². The summed E-state index contributed by atoms with van der Waals surface area (Å²) in [5.41, 5.74) is 1.58. The first kappa shape index (κ1) is 12.0. The van der Waals surface area contributed by atoms with Gasteiger partial charge < -0.3 is 4.98 Å². The third-order valence-corrected chi connectivity index (χ3v) is 3.17. The number of halogens is 1. The molecule has 88 valence electrons. The zero-order valence-electron chi connectivity index (χ0n) is 9.70. The molecule has 0 unspecified atom stereocenters. The molecule has 1 aromatic carbocycles. The molecule has 3 nitrogen and oxygen atoms in total. The largest absolute Gasteiger partial charge is 0.306 e. The number of aromatic amines is 1. The second-order valence-corrected chi connectivity index (χ2v) is 5.01. The van der Waals surface area contributed by atoms with Gasteiger partial charge in [-0.3, -0.25) is 4.79 Å². The number of benzene rings is 1. The van der Waals surface area contributed by atoms with Crippen LogP contribution >= 0.6 is 15.9 Å². The van der Waals surface area contributed by atoms with Gasteiger partial charge in [-0.1, -0.05) is 48.0 Å². The second-order valence-electron chi connectivity index (χ2n) is 4.15. The van der Waals surface area contributed by atoms with Gasteiger partial charge in [0.1, 0.15) is 5.82 Å². The summed E-state index contributed by atoms with van der Waals surface area (Å²) in [6.45, 7) is 4.04. The van der Waals surface area contributed by atoms with Crippen molar-refractivity contribution in [1.82, 2.24) is 9.97 Å². The average molecular weight is 293 g/mol. The van der Waals surface area contributed by atoms with E-state index >= 15 is 0 Å². The second kappa shape index (κ2) is 4.84. The molecule has 0 amide bonds. The highest BCUT2D eigenvalue weighted by Crippen LogP contribution is 2.25. The van der Waals surface area contributed by atoms with E-state index in [2.05, 4.69) is 25.9 Å². The molecule has 0 saturated heterocycles. The standard InChI is InChI=1S/C13H13BrN2O/c1-8(2)11-7-12(17)16-13(15-11)9-5-3-4-6-10(9)14/h3-8H,1-2H3,(H,15,16,17). The van der Waals surface area contributed by atoms with Gasteiger partial charge in [-0.25, -0.2) is 4.98 Å². The minimum Gasteiger partial charge on any atom is -0.306 e. The Balaban J connectivity index is 2.60. The fraction of sp³-hybridized carbons (Fsp3) is 0.231. The molecule has 1 N–H and O–H groups in total. The first-order valence-electron chi connectivity index (χ1n) is 5.44. The van der Waals surface area contributed by atoms with E-state index in [0.717, 1.165) is 15.7 Å². The van der Waals surface area contributed by atoms with Crippen LogP contribution in [0, 0.1) is 0 Å². The van der Waals surface area contributed by atoms with Gasteiger partial charge in [0.2, 0.25) is 0 Å². The van der Waals surface area contributed by atoms with Gasteiger partial charge in [-0.2, -0.15) is 0 Å². The lowest BCUT2D eigenvalue weighted by Gasteiger charge is -2.08. The summed E-state index contributed by atoms with van der Waals surface area (Å²) >= 11 is 3.46. The van der Waals surface area contributed by atoms with Crippen LogP contribution in [0.4, 0.5) is 0 Å². The van der Waals surface area contributed by atoms with E-state index in [1.165, 1.54) is 0 Å². The van der Waals surface area contributed by atoms with Gasteiger partial charge in [0, 0.05) is 16.1 Å². The zero-order valence-corrected chi connectivity index (χ0v) is 11.3. The van der Waals surface area contributed by atoms with E-state index in [-0.39, 0.29) is 11.5 Å². The predicted octanol–water partition coefficient (Wildman–Crippen LogP) is 3.32. The van der Waals surface area contributed by atoms with E-state index in [4.69, 9.17) is 0 Å². The van der Waals surface area contributed by atoms with Crippen LogP contribution in [0.5, 0.6) is 0 Å². The average Bonchev–Trinajstić information content (AvgIpc) is 2.28. The van der Waals surface area contributed by atoms with Gasteiger partial charge in [0.05, 0.1) is 5.69 Å². The smallest absolute Gasteiger partial charge is 0.251 e. The normalized spacial score (nSPS) is 10.8. The first-order valence-corrected chi connectivity index (χ1v) is 6.23. The molecule has 4 heteroatoms. The minimum atomic E-state index is -0.116. The molecule has 0 aliphatic carbocycles. The van der Waals surface area contributed by atoms with Crippen molar-refractivity contribution in [3.63, 3.8) is 0 Å². The maximum Gasteiger partial charge on any atom is 0.251 e. The molecule has 1 aromatic heterocycles. The Labute approximate surface area is 108 Å². The summed E-state index contributed by atoms with van der Waals surface area (Å²) in [6.07, 6.45) is 0. The fourth-order valence-corrected chi connectivity index (χ4v) is 2.03. The summed E-state index contributed by atoms with van der Waals surface area (Å²) in [5, 5.41) is 0. The number of nitrogens with one attached hydrogen (secondary N) is 1. The Bertz CT molecular complexity index is 590. The highest BCUT2D eigenvalue weighted by molar-refractivity contribution is 9.10. The van der Waals surface area contributed by atoms with Crippen molar-refractivity contribution in [1.29, 1.82) is 0 Å². The van der Waals surface area contributed by atoms with Crippen LogP contribution < -0.4 is 5.56 Å². The molecule has 0 spiro atoms. The van der Waals surface area contributed by atoms with E-state index in [0.29, 0.717) is 5.82 Å². The van der Waals surface area contributed by atoms with Crippen molar-refractivity contribution in [3.05, 3.63) is 50.9 Å². The van der Waals surface area contributed by atoms with Crippen LogP contribution in [-0.4, -0.2) is 9.97 Å². The molecule has 17 heavy (non-hydrogen) atoms. The number of H-pyrrole nitrogens is 1. The third-order valence-electron chi connectivity index (χ3n) is 2.48. The van der Waals surface area contributed by atoms with Crippen molar-refractivity contribution in [2.75, 3.05) is 0 Å². The molecule has 0 saturated carbocycles. The van der Waals surface area contributed by atoms with E-state index in [1.807, 2.05) is 38.1 Å². The quantitative estimate of drug-likeness (QED) is 0.923. The first-order chi connectivity index (χ1) is 8.08. The lowest BCUT2D eigenvalue weighted by molar-refractivity contribution is 0.812. The monoisotopic (exact) mass is 292 g/mol. The van der Waals surface area contributed by atoms with Crippen molar-refractivity contribution in [2.24, 2.45) is 0 Å². The molecule has 0 aliphatic heterocycles. The lowest BCUT2D eigenvalue weighted by Crippen LogP contribution is -2.11. The predicted molar refractivity (Wildman–Crippen MR) is 72.1 cm³/mol. The van der Waals surface area contributed by atoms with Gasteiger partial charge in [-0.15, -0.1) is 0 Å². The Morgan fingerprint density at radius 3 is 2.65 bits per heavy atom. The zero-order chi connectivity index (χ0) is 12.4. The molecule has 2 aromatic rings. The van der Waals surface area contributed by atoms with Gasteiger partial charge in [0.15, 0.2) is 0 Å². The van der Waals surface area contributed by atoms with Crippen molar-refractivity contribution in [2.45, 2.75) is 19.8 Å². The molecule has 1 heterocycles. The molecule has 0 atom stereocenters. The van der Waals surface area contributed by atoms with Crippen LogP contribution in [0.1, 0.15) is 25.5 Å². The summed E-state index contributed by atoms with van der Waals surface area (Å²) in [7, 11) is 0. The van der Waals surface area contributed by atoms with Gasteiger partial charge in [-0.05, 0) is 12.0 Å². The molecule has 2 rings (SSSR count). The Hall–Kier alpha value is -1.42. The van der Waals surface area contributed by atoms with Gasteiger partial charge >= 0.3 is 0 Å². The Morgan fingerprint density at radius 1 is 1.29 bits per heavy atom. The number of hydrogen-bond acceptors (Lipinski definition) is 2. The minimum absolute atomic E-state index is 0.116. The number of rotatable bonds is 2. The van der Waals surface area contributed by atoms with Crippen molar-refractivity contribution < 1.29 is 0 Å². The molecule has 0 radical (unpaired) electrons. The third kappa shape index (κ3) is 2.64. The lowest BCUT2D eigenvalue weighted by atomic mass is 10.1. The van der Waals surface area contributed by atoms with Crippen LogP contribution in [0.3, 0.4) is 0 Å². The van der Waals surface area contributed by atoms with Crippen LogP contribution in [-0.2, 0) is 0 Å². The molecule has 0 aliphatic rings. The molecular weight excluding hydrogens is 280 g/mol. The van der Waals surface area contributed by atoms with Crippen molar-refractivity contribution in [3.8, 4) is 11.4 Å². The maximum atomic E-state index is 11.6. The van der Waals surface area contributed by atoms with E-state index in [9.17, 15) is 4.79 Å². The number of nitrogens with zero attached hydrogens (tertiary/aromatic N) is 1. The maximum absolute atomic E-state index is 11.6. The highest BCUT2D eigenvalue weighted by Gasteiger charge is 2.08. The van der Waals surface area contributed by atoms with Gasteiger partial charge in [0.25, 0.3) is 5.56 Å². The van der Waals surface area contributed by atoms with Crippen LogP contribution in [0.2, 0.25) is 0 Å². The summed E-state index contributed by atoms with van der Waals surface area (Å²) in [6, 6.07) is 9.25. The topological polar surface area (TPSA) is 45.8 Å². The highest BCUT2D eigenvalue weighted by atomic mass is 79.9. The molecule has 0 bridgehead atoms. The molecular formula is C13H13BrN2O. The fourth-order valence-electron chi connectivity index (χ4n) is 1.55. The summed E-state index contributed by atoms with van der Waals surface area (Å²) < 4.78 is 0.920. The Morgan fingerprint density at radius 2 is 2.00 bits per heavy atom. The van der Waals surface area contributed by atoms with E-state index in [1.54, 1.807) is 6.07 Å².